The van der Waals surface area contributed by atoms with Gasteiger partial charge in [0, 0.05) is 5.39 Å². The van der Waals surface area contributed by atoms with Gasteiger partial charge in [0.05, 0.1) is 5.69 Å². The van der Waals surface area contributed by atoms with Crippen LogP contribution in [0.2, 0.25) is 0 Å². The lowest BCUT2D eigenvalue weighted by Gasteiger charge is -2.04. The van der Waals surface area contributed by atoms with E-state index in [9.17, 15) is 5.11 Å². The van der Waals surface area contributed by atoms with Crippen LogP contribution in [0, 0.1) is 0 Å². The highest BCUT2D eigenvalue weighted by molar-refractivity contribution is 6.33. The van der Waals surface area contributed by atoms with Crippen molar-refractivity contribution in [1.82, 2.24) is 0 Å². The summed E-state index contributed by atoms with van der Waals surface area (Å²) in [7, 11) is 5.61. The Bertz CT molecular complexity index is 468. The molecule has 0 aliphatic rings. The zero-order chi connectivity index (χ0) is 9.42. The molecule has 0 heterocycles. The average Bonchev–Trinajstić information content (AvgIpc) is 2.12. The molecule has 2 nitrogen and oxygen atoms in total. The van der Waals surface area contributed by atoms with Crippen molar-refractivity contribution in [3.05, 3.63) is 30.3 Å². The van der Waals surface area contributed by atoms with Gasteiger partial charge < -0.3 is 10.8 Å². The van der Waals surface area contributed by atoms with Crippen LogP contribution in [0.3, 0.4) is 0 Å². The molecule has 0 fully saturated rings. The van der Waals surface area contributed by atoms with Crippen molar-refractivity contribution in [2.45, 2.75) is 0 Å². The van der Waals surface area contributed by atoms with Gasteiger partial charge in [0.15, 0.2) is 0 Å². The summed E-state index contributed by atoms with van der Waals surface area (Å²) in [6.45, 7) is 0. The zero-order valence-corrected chi connectivity index (χ0v) is 6.99. The highest BCUT2D eigenvalue weighted by Crippen LogP contribution is 2.28. The van der Waals surface area contributed by atoms with Crippen LogP contribution in [-0.2, 0) is 0 Å². The monoisotopic (exact) mass is 169 g/mol. The summed E-state index contributed by atoms with van der Waals surface area (Å²) in [6.07, 6.45) is 0. The SMILES string of the molecule is [B]c1ccc2c(N)c(O)ccc2c1. The Morgan fingerprint density at radius 2 is 1.92 bits per heavy atom. The van der Waals surface area contributed by atoms with E-state index in [1.54, 1.807) is 24.3 Å². The van der Waals surface area contributed by atoms with E-state index in [0.29, 0.717) is 11.2 Å². The predicted molar refractivity (Wildman–Crippen MR) is 55.4 cm³/mol. The first-order valence-electron chi connectivity index (χ1n) is 3.95. The first kappa shape index (κ1) is 7.99. The average molecular weight is 169 g/mol. The van der Waals surface area contributed by atoms with Crippen LogP contribution in [0.4, 0.5) is 5.69 Å². The van der Waals surface area contributed by atoms with E-state index in [-0.39, 0.29) is 5.75 Å². The van der Waals surface area contributed by atoms with Gasteiger partial charge in [-0.3, -0.25) is 0 Å². The summed E-state index contributed by atoms with van der Waals surface area (Å²) in [6, 6.07) is 8.75. The van der Waals surface area contributed by atoms with Crippen LogP contribution in [0.1, 0.15) is 0 Å². The van der Waals surface area contributed by atoms with E-state index >= 15 is 0 Å². The van der Waals surface area contributed by atoms with E-state index in [1.165, 1.54) is 0 Å². The van der Waals surface area contributed by atoms with Gasteiger partial charge >= 0.3 is 0 Å². The molecule has 2 aromatic rings. The first-order valence-corrected chi connectivity index (χ1v) is 3.95. The van der Waals surface area contributed by atoms with Gasteiger partial charge in [0.2, 0.25) is 0 Å². The number of rotatable bonds is 0. The second kappa shape index (κ2) is 2.70. The van der Waals surface area contributed by atoms with Gasteiger partial charge in [-0.05, 0) is 11.5 Å². The van der Waals surface area contributed by atoms with Gasteiger partial charge in [-0.15, -0.1) is 0 Å². The highest BCUT2D eigenvalue weighted by Gasteiger charge is 2.01. The standard InChI is InChI=1S/C10H8BNO/c11-7-2-3-8-6(5-7)1-4-9(13)10(8)12/h1-5,13H,12H2. The van der Waals surface area contributed by atoms with E-state index in [0.717, 1.165) is 10.8 Å². The smallest absolute Gasteiger partial charge is 0.139 e. The maximum absolute atomic E-state index is 9.33. The molecule has 0 amide bonds. The van der Waals surface area contributed by atoms with E-state index in [2.05, 4.69) is 0 Å². The molecule has 0 saturated heterocycles. The molecule has 3 heteroatoms. The van der Waals surface area contributed by atoms with Crippen molar-refractivity contribution >= 4 is 29.8 Å². The Kier molecular flexibility index (Phi) is 1.66. The van der Waals surface area contributed by atoms with Gasteiger partial charge in [-0.2, -0.15) is 0 Å². The lowest BCUT2D eigenvalue weighted by atomic mass is 9.93. The summed E-state index contributed by atoms with van der Waals surface area (Å²) in [4.78, 5) is 0. The summed E-state index contributed by atoms with van der Waals surface area (Å²) < 4.78 is 0. The Hall–Kier alpha value is -1.64. The third-order valence-corrected chi connectivity index (χ3v) is 2.06. The maximum Gasteiger partial charge on any atom is 0.139 e. The molecule has 2 radical (unpaired) electrons. The number of nitrogens with two attached hydrogens (primary N) is 1. The molecule has 0 saturated carbocycles. The van der Waals surface area contributed by atoms with Crippen molar-refractivity contribution in [2.75, 3.05) is 5.73 Å². The van der Waals surface area contributed by atoms with Crippen molar-refractivity contribution in [1.29, 1.82) is 0 Å². The van der Waals surface area contributed by atoms with Gasteiger partial charge in [0.1, 0.15) is 13.6 Å². The van der Waals surface area contributed by atoms with E-state index in [1.807, 2.05) is 6.07 Å². The Labute approximate surface area is 77.4 Å². The number of hydrogen-bond acceptors (Lipinski definition) is 2. The molecule has 2 aromatic carbocycles. The number of aromatic hydroxyl groups is 1. The minimum atomic E-state index is 0.109. The van der Waals surface area contributed by atoms with E-state index in [4.69, 9.17) is 13.6 Å². The number of phenols is 1. The van der Waals surface area contributed by atoms with Gasteiger partial charge in [-0.1, -0.05) is 29.7 Å². The minimum absolute atomic E-state index is 0.109. The summed E-state index contributed by atoms with van der Waals surface area (Å²) in [5.41, 5.74) is 6.77. The largest absolute Gasteiger partial charge is 0.506 e. The molecule has 2 rings (SSSR count). The minimum Gasteiger partial charge on any atom is -0.506 e. The summed E-state index contributed by atoms with van der Waals surface area (Å²) in [5, 5.41) is 11.1. The molecule has 13 heavy (non-hydrogen) atoms. The van der Waals surface area contributed by atoms with Crippen LogP contribution in [0.15, 0.2) is 30.3 Å². The van der Waals surface area contributed by atoms with E-state index < -0.39 is 0 Å². The van der Waals surface area contributed by atoms with Crippen molar-refractivity contribution in [3.8, 4) is 5.75 Å². The lowest BCUT2D eigenvalue weighted by Crippen LogP contribution is -2.00. The van der Waals surface area contributed by atoms with Crippen molar-refractivity contribution in [3.63, 3.8) is 0 Å². The first-order chi connectivity index (χ1) is 6.18. The molecule has 0 bridgehead atoms. The van der Waals surface area contributed by atoms with Crippen LogP contribution < -0.4 is 11.2 Å². The molecular formula is C10H8BNO. The predicted octanol–water partition coefficient (Wildman–Crippen LogP) is 0.921. The normalized spacial score (nSPS) is 10.5. The number of benzene rings is 2. The van der Waals surface area contributed by atoms with Crippen LogP contribution in [0.25, 0.3) is 10.8 Å². The number of hydrogen-bond donors (Lipinski definition) is 2. The maximum atomic E-state index is 9.33. The van der Waals surface area contributed by atoms with Crippen molar-refractivity contribution in [2.24, 2.45) is 0 Å². The fourth-order valence-corrected chi connectivity index (χ4v) is 1.36. The summed E-state index contributed by atoms with van der Waals surface area (Å²) in [5.74, 6) is 0.109. The highest BCUT2D eigenvalue weighted by atomic mass is 16.3. The number of anilines is 1. The number of phenolic OH excluding ortho intramolecular Hbond substituents is 1. The fourth-order valence-electron chi connectivity index (χ4n) is 1.36. The molecule has 0 unspecified atom stereocenters. The van der Waals surface area contributed by atoms with Gasteiger partial charge in [0.25, 0.3) is 0 Å². The van der Waals surface area contributed by atoms with Gasteiger partial charge in [-0.25, -0.2) is 0 Å². The topological polar surface area (TPSA) is 46.2 Å². The fraction of sp³-hybridized carbons (Fsp3) is 0. The molecule has 0 spiro atoms. The lowest BCUT2D eigenvalue weighted by molar-refractivity contribution is 0.478. The zero-order valence-electron chi connectivity index (χ0n) is 6.99. The van der Waals surface area contributed by atoms with Crippen LogP contribution in [-0.4, -0.2) is 13.0 Å². The number of nitrogen functional groups attached to an aromatic ring is 1. The molecule has 0 aliphatic carbocycles. The molecule has 0 aromatic heterocycles. The Morgan fingerprint density at radius 1 is 1.15 bits per heavy atom. The molecule has 0 aliphatic heterocycles. The summed E-state index contributed by atoms with van der Waals surface area (Å²) >= 11 is 0. The quantitative estimate of drug-likeness (QED) is 0.350. The van der Waals surface area contributed by atoms with Crippen LogP contribution >= 0.6 is 0 Å². The molecule has 62 valence electrons. The Balaban J connectivity index is 2.87. The molecule has 3 N–H and O–H groups in total. The Morgan fingerprint density at radius 3 is 2.69 bits per heavy atom. The van der Waals surface area contributed by atoms with Crippen LogP contribution in [0.5, 0.6) is 5.75 Å². The third-order valence-electron chi connectivity index (χ3n) is 2.06. The second-order valence-electron chi connectivity index (χ2n) is 2.98. The molecule has 0 atom stereocenters. The van der Waals surface area contributed by atoms with Crippen molar-refractivity contribution < 1.29 is 5.11 Å². The molecular weight excluding hydrogens is 161 g/mol. The number of fused-ring (bicyclic) bond motifs is 1. The third kappa shape index (κ3) is 1.22. The second-order valence-corrected chi connectivity index (χ2v) is 2.98.